The molecule has 0 aliphatic heterocycles. The summed E-state index contributed by atoms with van der Waals surface area (Å²) in [5, 5.41) is 0. The summed E-state index contributed by atoms with van der Waals surface area (Å²) in [6, 6.07) is 42.6. The van der Waals surface area contributed by atoms with Crippen molar-refractivity contribution in [2.45, 2.75) is 116 Å². The van der Waals surface area contributed by atoms with Gasteiger partial charge in [0.2, 0.25) is 0 Å². The summed E-state index contributed by atoms with van der Waals surface area (Å²) >= 11 is -2.84. The van der Waals surface area contributed by atoms with Crippen LogP contribution < -0.4 is 0 Å². The zero-order chi connectivity index (χ0) is 39.6. The first kappa shape index (κ1) is 39.2. The third kappa shape index (κ3) is 7.21. The standard InChI is InChI=1S/C33H33.C13H19.C9H10.Zr/c1-32(2,3)30-20-26-24(18-28(30)22-13-9-7-10-14-22)17-25-19-29(23-15-11-8-12-16-23)31(21-27(25)26)33(4,5)6;1-11-6-7-12(10-11)13(2)8-4-3-5-9-13;1-3-9-6-4-8(2)5-7-9;/h7-21H,1-6H3;7,10-11H,3-5,8-9H2,1-2H3;4-7H,1-2H3;. The average molecular weight is 814 g/mol. The van der Waals surface area contributed by atoms with Crippen molar-refractivity contribution in [1.29, 1.82) is 0 Å². The Balaban J connectivity index is 1.48. The fourth-order valence-corrected chi connectivity index (χ4v) is 19.2. The van der Waals surface area contributed by atoms with Crippen LogP contribution in [0.2, 0.25) is 0 Å². The molecule has 0 radical (unpaired) electrons. The van der Waals surface area contributed by atoms with E-state index in [1.54, 1.807) is 23.2 Å². The Morgan fingerprint density at radius 1 is 0.625 bits per heavy atom. The summed E-state index contributed by atoms with van der Waals surface area (Å²) in [5.41, 5.74) is 19.0. The molecule has 0 bridgehead atoms. The quantitative estimate of drug-likeness (QED) is 0.160. The van der Waals surface area contributed by atoms with Crippen molar-refractivity contribution in [2.24, 2.45) is 11.3 Å². The molecule has 0 saturated heterocycles. The van der Waals surface area contributed by atoms with E-state index in [4.69, 9.17) is 0 Å². The van der Waals surface area contributed by atoms with Crippen LogP contribution in [0.4, 0.5) is 0 Å². The van der Waals surface area contributed by atoms with E-state index in [-0.39, 0.29) is 16.2 Å². The number of allylic oxidation sites excluding steroid dienone is 4. The van der Waals surface area contributed by atoms with Gasteiger partial charge in [0.15, 0.2) is 0 Å². The molecule has 1 atom stereocenters. The molecular weight excluding hydrogens is 752 g/mol. The average Bonchev–Trinajstić information content (AvgIpc) is 3.72. The zero-order valence-corrected chi connectivity index (χ0v) is 38.2. The van der Waals surface area contributed by atoms with Crippen LogP contribution in [-0.2, 0) is 32.1 Å². The van der Waals surface area contributed by atoms with Crippen LogP contribution in [-0.4, -0.2) is 3.21 Å². The molecule has 0 N–H and O–H groups in total. The minimum atomic E-state index is -2.84. The Morgan fingerprint density at radius 3 is 1.57 bits per heavy atom. The molecule has 3 aliphatic rings. The second kappa shape index (κ2) is 14.9. The number of aryl methyl sites for hydroxylation is 1. The number of hydrogen-bond donors (Lipinski definition) is 0. The molecule has 286 valence electrons. The van der Waals surface area contributed by atoms with Crippen molar-refractivity contribution >= 4 is 3.21 Å². The maximum atomic E-state index is 2.78. The van der Waals surface area contributed by atoms with Gasteiger partial charge in [-0.25, -0.2) is 0 Å². The summed E-state index contributed by atoms with van der Waals surface area (Å²) in [6.45, 7) is 24.2. The van der Waals surface area contributed by atoms with Gasteiger partial charge >= 0.3 is 349 Å². The molecule has 0 heterocycles. The molecule has 3 aliphatic carbocycles. The predicted octanol–water partition coefficient (Wildman–Crippen LogP) is 15.3. The van der Waals surface area contributed by atoms with Crippen molar-refractivity contribution in [1.82, 2.24) is 0 Å². The molecule has 8 rings (SSSR count). The Hall–Kier alpha value is -3.67. The molecule has 0 nitrogen and oxygen atoms in total. The first-order chi connectivity index (χ1) is 26.6. The normalized spacial score (nSPS) is 18.6. The van der Waals surface area contributed by atoms with E-state index in [0.29, 0.717) is 9.54 Å². The summed E-state index contributed by atoms with van der Waals surface area (Å²) < 4.78 is 3.80. The first-order valence-electron chi connectivity index (χ1n) is 21.3. The third-order valence-electron chi connectivity index (χ3n) is 13.5. The molecular formula is C55H62Zr. The molecule has 0 aromatic heterocycles. The van der Waals surface area contributed by atoms with Gasteiger partial charge in [0, 0.05) is 0 Å². The van der Waals surface area contributed by atoms with E-state index in [1.165, 1.54) is 87.7 Å². The SMILES string of the molecule is C[C](c1ccc(C)cc1)=[Zr]([C]1=CC(C2(C)CCCCC2)=CC1C)[CH]1c2cc(-c3ccccc3)c(C(C)(C)C)cc2-c2cc(C(C)(C)C)c(-c3ccccc3)cc21. The Labute approximate surface area is 346 Å². The van der Waals surface area contributed by atoms with Crippen LogP contribution in [0, 0.1) is 18.3 Å². The number of rotatable bonds is 6. The molecule has 56 heavy (non-hydrogen) atoms. The zero-order valence-electron chi connectivity index (χ0n) is 35.7. The van der Waals surface area contributed by atoms with Crippen LogP contribution in [0.5, 0.6) is 0 Å². The second-order valence-electron chi connectivity index (χ2n) is 19.7. The fraction of sp³-hybridized carbons (Fsp3) is 0.364. The summed E-state index contributed by atoms with van der Waals surface area (Å²) in [6.07, 6.45) is 12.2. The van der Waals surface area contributed by atoms with E-state index in [1.807, 2.05) is 0 Å². The molecule has 1 saturated carbocycles. The number of hydrogen-bond acceptors (Lipinski definition) is 0. The Bertz CT molecular complexity index is 2260. The van der Waals surface area contributed by atoms with Gasteiger partial charge in [-0.3, -0.25) is 0 Å². The maximum absolute atomic E-state index is 2.84. The van der Waals surface area contributed by atoms with Crippen molar-refractivity contribution in [2.75, 3.05) is 0 Å². The molecule has 1 unspecified atom stereocenters. The Morgan fingerprint density at radius 2 is 1.11 bits per heavy atom. The van der Waals surface area contributed by atoms with Gasteiger partial charge in [-0.2, -0.15) is 0 Å². The molecule has 1 fully saturated rings. The molecule has 5 aromatic rings. The fourth-order valence-electron chi connectivity index (χ4n) is 10.2. The summed E-state index contributed by atoms with van der Waals surface area (Å²) in [4.78, 5) is 0. The van der Waals surface area contributed by atoms with Crippen LogP contribution in [0.15, 0.2) is 130 Å². The van der Waals surface area contributed by atoms with E-state index >= 15 is 0 Å². The summed E-state index contributed by atoms with van der Waals surface area (Å²) in [7, 11) is 0. The van der Waals surface area contributed by atoms with Gasteiger partial charge in [0.1, 0.15) is 0 Å². The third-order valence-corrected chi connectivity index (χ3v) is 22.1. The topological polar surface area (TPSA) is 0 Å². The van der Waals surface area contributed by atoms with Gasteiger partial charge < -0.3 is 0 Å². The van der Waals surface area contributed by atoms with Crippen LogP contribution in [0.3, 0.4) is 0 Å². The molecule has 0 amide bonds. The van der Waals surface area contributed by atoms with Crippen molar-refractivity contribution in [3.63, 3.8) is 0 Å². The molecule has 0 spiro atoms. The monoisotopic (exact) mass is 812 g/mol. The van der Waals surface area contributed by atoms with Gasteiger partial charge in [0.05, 0.1) is 0 Å². The molecule has 1 heteroatoms. The molecule has 5 aromatic carbocycles. The first-order valence-corrected chi connectivity index (χ1v) is 25.2. The summed E-state index contributed by atoms with van der Waals surface area (Å²) in [5.74, 6) is 0.455. The van der Waals surface area contributed by atoms with Crippen molar-refractivity contribution < 1.29 is 21.3 Å². The van der Waals surface area contributed by atoms with Crippen LogP contribution in [0.1, 0.15) is 131 Å². The van der Waals surface area contributed by atoms with E-state index in [2.05, 4.69) is 191 Å². The van der Waals surface area contributed by atoms with E-state index in [9.17, 15) is 0 Å². The Kier molecular flexibility index (Phi) is 10.4. The minimum absolute atomic E-state index is 0.0163. The number of fused-ring (bicyclic) bond motifs is 3. The van der Waals surface area contributed by atoms with Crippen molar-refractivity contribution in [3.05, 3.63) is 164 Å². The van der Waals surface area contributed by atoms with Crippen LogP contribution in [0.25, 0.3) is 33.4 Å². The van der Waals surface area contributed by atoms with Gasteiger partial charge in [0.25, 0.3) is 0 Å². The van der Waals surface area contributed by atoms with Gasteiger partial charge in [-0.15, -0.1) is 0 Å². The second-order valence-corrected chi connectivity index (χ2v) is 26.4. The number of benzene rings is 5. The van der Waals surface area contributed by atoms with E-state index < -0.39 is 21.3 Å². The van der Waals surface area contributed by atoms with Gasteiger partial charge in [-0.05, 0) is 0 Å². The van der Waals surface area contributed by atoms with Crippen molar-refractivity contribution in [3.8, 4) is 33.4 Å². The van der Waals surface area contributed by atoms with Gasteiger partial charge in [-0.1, -0.05) is 0 Å². The van der Waals surface area contributed by atoms with E-state index in [0.717, 1.165) is 0 Å². The predicted molar refractivity (Wildman–Crippen MR) is 239 cm³/mol. The van der Waals surface area contributed by atoms with Crippen LogP contribution >= 0.6 is 0 Å².